The highest BCUT2D eigenvalue weighted by Crippen LogP contribution is 2.23. The first-order valence-electron chi connectivity index (χ1n) is 7.09. The molecule has 0 bridgehead atoms. The number of ether oxygens (including phenoxy) is 1. The van der Waals surface area contributed by atoms with Crippen molar-refractivity contribution >= 4 is 0 Å². The highest BCUT2D eigenvalue weighted by Gasteiger charge is 2.23. The molecule has 0 spiro atoms. The van der Waals surface area contributed by atoms with E-state index >= 15 is 0 Å². The molecule has 3 atom stereocenters. The molecule has 0 amide bonds. The third kappa shape index (κ3) is 4.84. The molecule has 1 rings (SSSR count). The van der Waals surface area contributed by atoms with Gasteiger partial charge >= 0.3 is 0 Å². The first kappa shape index (κ1) is 14.0. The molecule has 1 fully saturated rings. The van der Waals surface area contributed by atoms with Crippen molar-refractivity contribution in [1.29, 1.82) is 0 Å². The highest BCUT2D eigenvalue weighted by atomic mass is 16.5. The summed E-state index contributed by atoms with van der Waals surface area (Å²) < 4.78 is 5.47. The van der Waals surface area contributed by atoms with Crippen LogP contribution in [-0.2, 0) is 4.74 Å². The van der Waals surface area contributed by atoms with Gasteiger partial charge in [-0.25, -0.2) is 0 Å². The van der Waals surface area contributed by atoms with Crippen molar-refractivity contribution in [2.75, 3.05) is 19.8 Å². The molecular weight excluding hydrogens is 198 g/mol. The fraction of sp³-hybridized carbons (Fsp3) is 1.00. The molecule has 16 heavy (non-hydrogen) atoms. The zero-order valence-electron chi connectivity index (χ0n) is 11.3. The third-order valence-corrected chi connectivity index (χ3v) is 3.70. The maximum absolute atomic E-state index is 5.47. The minimum atomic E-state index is 0.701. The van der Waals surface area contributed by atoms with Crippen molar-refractivity contribution in [3.05, 3.63) is 0 Å². The third-order valence-electron chi connectivity index (χ3n) is 3.70. The standard InChI is InChI=1S/C14H29NO/c1-4-6-12(3)14(15-8-5-2)10-13-7-9-16-11-13/h12-15H,4-11H2,1-3H3. The monoisotopic (exact) mass is 227 g/mol. The quantitative estimate of drug-likeness (QED) is 0.687. The maximum Gasteiger partial charge on any atom is 0.0495 e. The molecule has 0 aromatic carbocycles. The lowest BCUT2D eigenvalue weighted by Gasteiger charge is -2.27. The normalized spacial score (nSPS) is 24.6. The van der Waals surface area contributed by atoms with Gasteiger partial charge in [-0.2, -0.15) is 0 Å². The van der Waals surface area contributed by atoms with Gasteiger partial charge in [0.05, 0.1) is 0 Å². The molecule has 0 aromatic rings. The predicted molar refractivity (Wildman–Crippen MR) is 69.7 cm³/mol. The molecule has 1 N–H and O–H groups in total. The summed E-state index contributed by atoms with van der Waals surface area (Å²) >= 11 is 0. The van der Waals surface area contributed by atoms with Crippen molar-refractivity contribution < 1.29 is 4.74 Å². The first-order valence-corrected chi connectivity index (χ1v) is 7.09. The van der Waals surface area contributed by atoms with E-state index in [1.807, 2.05) is 0 Å². The fourth-order valence-electron chi connectivity index (χ4n) is 2.63. The van der Waals surface area contributed by atoms with Gasteiger partial charge in [-0.3, -0.25) is 0 Å². The van der Waals surface area contributed by atoms with E-state index in [1.54, 1.807) is 0 Å². The van der Waals surface area contributed by atoms with Crippen LogP contribution < -0.4 is 5.32 Å². The number of hydrogen-bond donors (Lipinski definition) is 1. The molecule has 1 aliphatic rings. The van der Waals surface area contributed by atoms with Gasteiger partial charge in [0, 0.05) is 19.3 Å². The van der Waals surface area contributed by atoms with Crippen LogP contribution in [0.5, 0.6) is 0 Å². The Labute approximate surface area is 101 Å². The Balaban J connectivity index is 2.34. The second-order valence-corrected chi connectivity index (χ2v) is 5.29. The summed E-state index contributed by atoms with van der Waals surface area (Å²) in [4.78, 5) is 0. The number of nitrogens with one attached hydrogen (secondary N) is 1. The van der Waals surface area contributed by atoms with Crippen LogP contribution in [0.15, 0.2) is 0 Å². The van der Waals surface area contributed by atoms with Gasteiger partial charge in [-0.15, -0.1) is 0 Å². The largest absolute Gasteiger partial charge is 0.381 e. The van der Waals surface area contributed by atoms with Crippen molar-refractivity contribution in [2.24, 2.45) is 11.8 Å². The van der Waals surface area contributed by atoms with E-state index in [2.05, 4.69) is 26.1 Å². The van der Waals surface area contributed by atoms with Crippen molar-refractivity contribution in [1.82, 2.24) is 5.32 Å². The Morgan fingerprint density at radius 3 is 2.69 bits per heavy atom. The number of rotatable bonds is 8. The van der Waals surface area contributed by atoms with Crippen molar-refractivity contribution in [2.45, 2.75) is 58.9 Å². The Morgan fingerprint density at radius 2 is 2.12 bits per heavy atom. The summed E-state index contributed by atoms with van der Waals surface area (Å²) in [5.41, 5.74) is 0. The maximum atomic E-state index is 5.47. The molecule has 1 heterocycles. The van der Waals surface area contributed by atoms with Crippen LogP contribution in [0.2, 0.25) is 0 Å². The second kappa shape index (κ2) is 8.08. The zero-order chi connectivity index (χ0) is 11.8. The molecule has 0 radical (unpaired) electrons. The van der Waals surface area contributed by atoms with E-state index in [0.29, 0.717) is 6.04 Å². The Morgan fingerprint density at radius 1 is 1.31 bits per heavy atom. The molecule has 1 aliphatic heterocycles. The van der Waals surface area contributed by atoms with Gasteiger partial charge in [0.25, 0.3) is 0 Å². The van der Waals surface area contributed by atoms with E-state index < -0.39 is 0 Å². The fourth-order valence-corrected chi connectivity index (χ4v) is 2.63. The van der Waals surface area contributed by atoms with Crippen LogP contribution in [0.25, 0.3) is 0 Å². The molecule has 1 saturated heterocycles. The van der Waals surface area contributed by atoms with Crippen LogP contribution >= 0.6 is 0 Å². The molecule has 0 saturated carbocycles. The predicted octanol–water partition coefficient (Wildman–Crippen LogP) is 3.22. The minimum absolute atomic E-state index is 0.701. The van der Waals surface area contributed by atoms with Crippen molar-refractivity contribution in [3.8, 4) is 0 Å². The van der Waals surface area contributed by atoms with Crippen molar-refractivity contribution in [3.63, 3.8) is 0 Å². The Hall–Kier alpha value is -0.0800. The zero-order valence-corrected chi connectivity index (χ0v) is 11.3. The SMILES string of the molecule is CCCNC(CC1CCOC1)C(C)CCC. The average Bonchev–Trinajstić information content (AvgIpc) is 2.77. The molecule has 3 unspecified atom stereocenters. The number of hydrogen-bond acceptors (Lipinski definition) is 2. The lowest BCUT2D eigenvalue weighted by Crippen LogP contribution is -2.37. The van der Waals surface area contributed by atoms with Crippen LogP contribution in [0, 0.1) is 11.8 Å². The highest BCUT2D eigenvalue weighted by molar-refractivity contribution is 4.78. The van der Waals surface area contributed by atoms with Gasteiger partial charge in [0.2, 0.25) is 0 Å². The van der Waals surface area contributed by atoms with Gasteiger partial charge in [-0.1, -0.05) is 27.2 Å². The molecular formula is C14H29NO. The molecule has 0 aromatic heterocycles. The van der Waals surface area contributed by atoms with E-state index in [4.69, 9.17) is 4.74 Å². The Kier molecular flexibility index (Phi) is 7.06. The topological polar surface area (TPSA) is 21.3 Å². The summed E-state index contributed by atoms with van der Waals surface area (Å²) in [7, 11) is 0. The summed E-state index contributed by atoms with van der Waals surface area (Å²) in [5.74, 6) is 1.60. The van der Waals surface area contributed by atoms with Crippen LogP contribution in [-0.4, -0.2) is 25.8 Å². The summed E-state index contributed by atoms with van der Waals surface area (Å²) in [6, 6.07) is 0.701. The van der Waals surface area contributed by atoms with E-state index in [1.165, 1.54) is 32.1 Å². The smallest absolute Gasteiger partial charge is 0.0495 e. The lowest BCUT2D eigenvalue weighted by atomic mass is 9.88. The van der Waals surface area contributed by atoms with E-state index in [9.17, 15) is 0 Å². The minimum Gasteiger partial charge on any atom is -0.381 e. The van der Waals surface area contributed by atoms with E-state index in [-0.39, 0.29) is 0 Å². The first-order chi connectivity index (χ1) is 7.77. The molecule has 0 aliphatic carbocycles. The summed E-state index contributed by atoms with van der Waals surface area (Å²) in [6.45, 7) is 10.1. The van der Waals surface area contributed by atoms with Gasteiger partial charge in [0.1, 0.15) is 0 Å². The van der Waals surface area contributed by atoms with Gasteiger partial charge in [0.15, 0.2) is 0 Å². The lowest BCUT2D eigenvalue weighted by molar-refractivity contribution is 0.177. The van der Waals surface area contributed by atoms with Gasteiger partial charge < -0.3 is 10.1 Å². The van der Waals surface area contributed by atoms with Gasteiger partial charge in [-0.05, 0) is 44.1 Å². The summed E-state index contributed by atoms with van der Waals surface area (Å²) in [6.07, 6.45) is 6.45. The molecule has 2 nitrogen and oxygen atoms in total. The average molecular weight is 227 g/mol. The van der Waals surface area contributed by atoms with Crippen LogP contribution in [0.3, 0.4) is 0 Å². The second-order valence-electron chi connectivity index (χ2n) is 5.29. The molecule has 96 valence electrons. The molecule has 2 heteroatoms. The van der Waals surface area contributed by atoms with Crippen LogP contribution in [0.1, 0.15) is 52.9 Å². The Bertz CT molecular complexity index is 166. The summed E-state index contributed by atoms with van der Waals surface area (Å²) in [5, 5.41) is 3.73. The van der Waals surface area contributed by atoms with E-state index in [0.717, 1.165) is 31.6 Å². The van der Waals surface area contributed by atoms with Crippen LogP contribution in [0.4, 0.5) is 0 Å².